The standard InChI is InChI=1S/C22H23NO3/c1-3-4-14-26-20-13-12-17(15-21(20)25-2)22(24)23-19-11-7-9-16-8-5-6-10-18(16)19/h5-13,15H,3-4,14H2,1-2H3,(H,23,24). The van der Waals surface area contributed by atoms with Crippen LogP contribution in [-0.4, -0.2) is 19.6 Å². The summed E-state index contributed by atoms with van der Waals surface area (Å²) in [6, 6.07) is 19.1. The van der Waals surface area contributed by atoms with E-state index in [1.807, 2.05) is 42.5 Å². The van der Waals surface area contributed by atoms with Gasteiger partial charge < -0.3 is 14.8 Å². The van der Waals surface area contributed by atoms with Gasteiger partial charge in [0.2, 0.25) is 0 Å². The Hall–Kier alpha value is -3.01. The summed E-state index contributed by atoms with van der Waals surface area (Å²) in [4.78, 5) is 12.7. The van der Waals surface area contributed by atoms with Gasteiger partial charge in [-0.2, -0.15) is 0 Å². The van der Waals surface area contributed by atoms with Gasteiger partial charge in [0, 0.05) is 16.6 Å². The van der Waals surface area contributed by atoms with E-state index in [1.54, 1.807) is 25.3 Å². The van der Waals surface area contributed by atoms with Gasteiger partial charge in [0.25, 0.3) is 5.91 Å². The Balaban J connectivity index is 1.81. The van der Waals surface area contributed by atoms with E-state index >= 15 is 0 Å². The van der Waals surface area contributed by atoms with Crippen molar-refractivity contribution in [2.24, 2.45) is 0 Å². The van der Waals surface area contributed by atoms with Crippen LogP contribution in [0.15, 0.2) is 60.7 Å². The lowest BCUT2D eigenvalue weighted by molar-refractivity contribution is 0.102. The van der Waals surface area contributed by atoms with Crippen LogP contribution in [-0.2, 0) is 0 Å². The largest absolute Gasteiger partial charge is 0.493 e. The van der Waals surface area contributed by atoms with Crippen LogP contribution in [0.4, 0.5) is 5.69 Å². The first-order chi connectivity index (χ1) is 12.7. The van der Waals surface area contributed by atoms with Crippen molar-refractivity contribution in [3.05, 3.63) is 66.2 Å². The summed E-state index contributed by atoms with van der Waals surface area (Å²) < 4.78 is 11.1. The average molecular weight is 349 g/mol. The van der Waals surface area contributed by atoms with Crippen molar-refractivity contribution in [1.29, 1.82) is 0 Å². The van der Waals surface area contributed by atoms with E-state index in [2.05, 4.69) is 12.2 Å². The molecule has 0 saturated carbocycles. The van der Waals surface area contributed by atoms with Crippen LogP contribution in [0.5, 0.6) is 11.5 Å². The molecule has 0 aliphatic carbocycles. The number of ether oxygens (including phenoxy) is 2. The minimum atomic E-state index is -0.181. The lowest BCUT2D eigenvalue weighted by Gasteiger charge is -2.13. The van der Waals surface area contributed by atoms with Gasteiger partial charge in [-0.05, 0) is 36.1 Å². The second-order valence-corrected chi connectivity index (χ2v) is 6.05. The molecule has 0 fully saturated rings. The number of amides is 1. The summed E-state index contributed by atoms with van der Waals surface area (Å²) in [5.74, 6) is 1.04. The number of carbonyl (C=O) groups excluding carboxylic acids is 1. The van der Waals surface area contributed by atoms with Crippen LogP contribution in [0, 0.1) is 0 Å². The molecule has 4 heteroatoms. The van der Waals surface area contributed by atoms with E-state index in [0.717, 1.165) is 29.3 Å². The van der Waals surface area contributed by atoms with Crippen LogP contribution >= 0.6 is 0 Å². The van der Waals surface area contributed by atoms with Crippen LogP contribution in [0.1, 0.15) is 30.1 Å². The number of anilines is 1. The summed E-state index contributed by atoms with van der Waals surface area (Å²) in [5.41, 5.74) is 1.31. The summed E-state index contributed by atoms with van der Waals surface area (Å²) in [6.45, 7) is 2.75. The van der Waals surface area contributed by atoms with E-state index in [-0.39, 0.29) is 5.91 Å². The van der Waals surface area contributed by atoms with Crippen molar-refractivity contribution in [3.8, 4) is 11.5 Å². The molecule has 134 valence electrons. The number of unbranched alkanes of at least 4 members (excludes halogenated alkanes) is 1. The Morgan fingerprint density at radius 2 is 1.81 bits per heavy atom. The first kappa shape index (κ1) is 17.8. The predicted octanol–water partition coefficient (Wildman–Crippen LogP) is 5.28. The first-order valence-corrected chi connectivity index (χ1v) is 8.83. The van der Waals surface area contributed by atoms with E-state index in [0.29, 0.717) is 23.7 Å². The molecule has 0 radical (unpaired) electrons. The second-order valence-electron chi connectivity index (χ2n) is 6.05. The number of carbonyl (C=O) groups is 1. The zero-order chi connectivity index (χ0) is 18.4. The van der Waals surface area contributed by atoms with E-state index in [4.69, 9.17) is 9.47 Å². The molecule has 4 nitrogen and oxygen atoms in total. The summed E-state index contributed by atoms with van der Waals surface area (Å²) in [5, 5.41) is 5.08. The lowest BCUT2D eigenvalue weighted by Crippen LogP contribution is -2.12. The zero-order valence-corrected chi connectivity index (χ0v) is 15.1. The van der Waals surface area contributed by atoms with Crippen molar-refractivity contribution in [2.75, 3.05) is 19.0 Å². The van der Waals surface area contributed by atoms with Crippen molar-refractivity contribution in [2.45, 2.75) is 19.8 Å². The molecule has 0 bridgehead atoms. The van der Waals surface area contributed by atoms with Gasteiger partial charge in [-0.25, -0.2) is 0 Å². The Kier molecular flexibility index (Phi) is 5.74. The maximum absolute atomic E-state index is 12.7. The Morgan fingerprint density at radius 3 is 2.62 bits per heavy atom. The maximum Gasteiger partial charge on any atom is 0.255 e. The van der Waals surface area contributed by atoms with Crippen LogP contribution in [0.3, 0.4) is 0 Å². The van der Waals surface area contributed by atoms with Gasteiger partial charge in [0.1, 0.15) is 0 Å². The Morgan fingerprint density at radius 1 is 1.00 bits per heavy atom. The molecular formula is C22H23NO3. The Bertz CT molecular complexity index is 900. The zero-order valence-electron chi connectivity index (χ0n) is 15.1. The number of hydrogen-bond donors (Lipinski definition) is 1. The highest BCUT2D eigenvalue weighted by Gasteiger charge is 2.12. The van der Waals surface area contributed by atoms with Crippen molar-refractivity contribution in [1.82, 2.24) is 0 Å². The molecule has 0 spiro atoms. The summed E-state index contributed by atoms with van der Waals surface area (Å²) in [6.07, 6.45) is 2.04. The van der Waals surface area contributed by atoms with E-state index in [9.17, 15) is 4.79 Å². The molecule has 26 heavy (non-hydrogen) atoms. The summed E-state index contributed by atoms with van der Waals surface area (Å²) in [7, 11) is 1.58. The van der Waals surface area contributed by atoms with E-state index < -0.39 is 0 Å². The van der Waals surface area contributed by atoms with Crippen LogP contribution < -0.4 is 14.8 Å². The fourth-order valence-electron chi connectivity index (χ4n) is 2.78. The maximum atomic E-state index is 12.7. The van der Waals surface area contributed by atoms with Gasteiger partial charge in [0.05, 0.1) is 13.7 Å². The topological polar surface area (TPSA) is 47.6 Å². The monoisotopic (exact) mass is 349 g/mol. The van der Waals surface area contributed by atoms with Gasteiger partial charge in [-0.15, -0.1) is 0 Å². The summed E-state index contributed by atoms with van der Waals surface area (Å²) >= 11 is 0. The molecule has 0 aliphatic heterocycles. The molecule has 0 atom stereocenters. The van der Waals surface area contributed by atoms with Gasteiger partial charge in [0.15, 0.2) is 11.5 Å². The predicted molar refractivity (Wildman–Crippen MR) is 105 cm³/mol. The molecule has 3 rings (SSSR count). The number of rotatable bonds is 7. The number of nitrogens with one attached hydrogen (secondary N) is 1. The lowest BCUT2D eigenvalue weighted by atomic mass is 10.1. The van der Waals surface area contributed by atoms with Crippen molar-refractivity contribution >= 4 is 22.4 Å². The number of hydrogen-bond acceptors (Lipinski definition) is 3. The quantitative estimate of drug-likeness (QED) is 0.590. The normalized spacial score (nSPS) is 10.5. The average Bonchev–Trinajstić information content (AvgIpc) is 2.68. The first-order valence-electron chi connectivity index (χ1n) is 8.83. The number of benzene rings is 3. The Labute approximate surface area is 153 Å². The molecule has 0 aliphatic rings. The van der Waals surface area contributed by atoms with Crippen molar-refractivity contribution < 1.29 is 14.3 Å². The van der Waals surface area contributed by atoms with Gasteiger partial charge >= 0.3 is 0 Å². The molecule has 3 aromatic rings. The molecule has 0 unspecified atom stereocenters. The minimum absolute atomic E-state index is 0.181. The highest BCUT2D eigenvalue weighted by molar-refractivity contribution is 6.09. The third-order valence-corrected chi connectivity index (χ3v) is 4.22. The molecular weight excluding hydrogens is 326 g/mol. The molecule has 0 aromatic heterocycles. The number of methoxy groups -OCH3 is 1. The number of fused-ring (bicyclic) bond motifs is 1. The molecule has 1 N–H and O–H groups in total. The fraction of sp³-hybridized carbons (Fsp3) is 0.227. The smallest absolute Gasteiger partial charge is 0.255 e. The fourth-order valence-corrected chi connectivity index (χ4v) is 2.78. The van der Waals surface area contributed by atoms with Gasteiger partial charge in [-0.1, -0.05) is 49.7 Å². The van der Waals surface area contributed by atoms with E-state index in [1.165, 1.54) is 0 Å². The van der Waals surface area contributed by atoms with Crippen LogP contribution in [0.2, 0.25) is 0 Å². The third kappa shape index (κ3) is 3.97. The third-order valence-electron chi connectivity index (χ3n) is 4.22. The molecule has 3 aromatic carbocycles. The second kappa shape index (κ2) is 8.39. The highest BCUT2D eigenvalue weighted by Crippen LogP contribution is 2.29. The van der Waals surface area contributed by atoms with Crippen LogP contribution in [0.25, 0.3) is 10.8 Å². The SMILES string of the molecule is CCCCOc1ccc(C(=O)Nc2cccc3ccccc23)cc1OC. The molecule has 0 saturated heterocycles. The van der Waals surface area contributed by atoms with Crippen molar-refractivity contribution in [3.63, 3.8) is 0 Å². The van der Waals surface area contributed by atoms with Gasteiger partial charge in [-0.3, -0.25) is 4.79 Å². The molecule has 0 heterocycles. The minimum Gasteiger partial charge on any atom is -0.493 e. The molecule has 1 amide bonds. The highest BCUT2D eigenvalue weighted by atomic mass is 16.5.